The molecule has 1 unspecified atom stereocenters. The highest BCUT2D eigenvalue weighted by Gasteiger charge is 2.15. The first kappa shape index (κ1) is 53.1. The van der Waals surface area contributed by atoms with Crippen LogP contribution in [0.15, 0.2) is 85.1 Å². The highest BCUT2D eigenvalue weighted by atomic mass is 16.6. The van der Waals surface area contributed by atoms with Crippen molar-refractivity contribution in [3.63, 3.8) is 0 Å². The quantitative estimate of drug-likeness (QED) is 0.0380. The van der Waals surface area contributed by atoms with Gasteiger partial charge in [-0.3, -0.25) is 9.59 Å². The van der Waals surface area contributed by atoms with Crippen molar-refractivity contribution in [3.8, 4) is 0 Å². The topological polar surface area (TPSA) is 72.8 Å². The highest BCUT2D eigenvalue weighted by molar-refractivity contribution is 5.70. The van der Waals surface area contributed by atoms with Gasteiger partial charge in [-0.1, -0.05) is 202 Å². The molecule has 0 aliphatic rings. The van der Waals surface area contributed by atoms with E-state index in [0.717, 1.165) is 57.8 Å². The Kier molecular flexibility index (Phi) is 44.0. The first-order valence-electron chi connectivity index (χ1n) is 23.1. The molecule has 0 saturated heterocycles. The van der Waals surface area contributed by atoms with E-state index >= 15 is 0 Å². The molecule has 0 amide bonds. The lowest BCUT2D eigenvalue weighted by Crippen LogP contribution is -2.28. The SMILES string of the molecule is CC/C=C\C/C=C\C/C=C\C/C=C\C/C=C\C/C=C\CCC(=O)OC(CO)COC(=O)CCCCCCCCCCCCC/C=C\CCCCCCCCCC. The minimum Gasteiger partial charge on any atom is -0.462 e. The molecule has 0 spiro atoms. The Bertz CT molecular complexity index is 1060. The predicted octanol–water partition coefficient (Wildman–Crippen LogP) is 15.1. The standard InChI is InChI=1S/C51H86O5/c1-3-5-7-9-11-13-15-17-19-21-23-24-25-26-28-29-31-33-35-37-39-41-43-45-50(53)55-48-49(47-52)56-51(54)46-44-42-40-38-36-34-32-30-27-22-20-18-16-14-12-10-8-6-4-2/h6,8,12,14,18,20-21,23,27,30,34,36,40,42,49,52H,3-5,7,9-11,13,15-17,19,22,24-26,28-29,31-33,35,37-39,41,43-48H2,1-2H3/b8-6-,14-12-,20-18-,23-21-,30-27-,36-34-,42-40-. The average Bonchev–Trinajstić information content (AvgIpc) is 3.20. The summed E-state index contributed by atoms with van der Waals surface area (Å²) in [5, 5.41) is 9.58. The summed E-state index contributed by atoms with van der Waals surface area (Å²) in [6.07, 6.45) is 63.9. The lowest BCUT2D eigenvalue weighted by atomic mass is 10.0. The molecule has 0 aliphatic heterocycles. The average molecular weight is 779 g/mol. The van der Waals surface area contributed by atoms with Gasteiger partial charge in [-0.05, 0) is 77.0 Å². The van der Waals surface area contributed by atoms with Crippen molar-refractivity contribution in [2.75, 3.05) is 13.2 Å². The number of carbonyl (C=O) groups excluding carboxylic acids is 2. The summed E-state index contributed by atoms with van der Waals surface area (Å²) in [7, 11) is 0. The highest BCUT2D eigenvalue weighted by Crippen LogP contribution is 2.14. The predicted molar refractivity (Wildman–Crippen MR) is 242 cm³/mol. The van der Waals surface area contributed by atoms with Gasteiger partial charge in [0.05, 0.1) is 6.61 Å². The van der Waals surface area contributed by atoms with Crippen molar-refractivity contribution < 1.29 is 24.2 Å². The molecule has 1 atom stereocenters. The number of rotatable bonds is 41. The fraction of sp³-hybridized carbons (Fsp3) is 0.686. The molecule has 0 fully saturated rings. The largest absolute Gasteiger partial charge is 0.462 e. The van der Waals surface area contributed by atoms with E-state index in [4.69, 9.17) is 9.47 Å². The molecule has 0 aromatic carbocycles. The number of esters is 2. The first-order chi connectivity index (χ1) is 27.6. The molecule has 0 rings (SSSR count). The fourth-order valence-electron chi connectivity index (χ4n) is 6.22. The van der Waals surface area contributed by atoms with Gasteiger partial charge in [0.1, 0.15) is 6.61 Å². The number of hydrogen-bond donors (Lipinski definition) is 1. The first-order valence-corrected chi connectivity index (χ1v) is 23.1. The number of unbranched alkanes of at least 4 members (excludes halogenated alkanes) is 19. The van der Waals surface area contributed by atoms with Crippen LogP contribution in [0, 0.1) is 0 Å². The van der Waals surface area contributed by atoms with Crippen LogP contribution < -0.4 is 0 Å². The number of ether oxygens (including phenoxy) is 2. The van der Waals surface area contributed by atoms with Crippen LogP contribution in [-0.2, 0) is 19.1 Å². The van der Waals surface area contributed by atoms with Crippen molar-refractivity contribution in [3.05, 3.63) is 85.1 Å². The van der Waals surface area contributed by atoms with Gasteiger partial charge in [-0.15, -0.1) is 0 Å². The molecule has 0 aliphatic carbocycles. The molecular weight excluding hydrogens is 693 g/mol. The van der Waals surface area contributed by atoms with Crippen LogP contribution in [-0.4, -0.2) is 36.4 Å². The van der Waals surface area contributed by atoms with Crippen LogP contribution in [0.2, 0.25) is 0 Å². The van der Waals surface area contributed by atoms with E-state index < -0.39 is 12.1 Å². The summed E-state index contributed by atoms with van der Waals surface area (Å²) in [5.41, 5.74) is 0. The van der Waals surface area contributed by atoms with Gasteiger partial charge in [0, 0.05) is 12.8 Å². The molecular formula is C51H86O5. The number of aliphatic hydroxyl groups excluding tert-OH is 1. The molecule has 5 heteroatoms. The Morgan fingerprint density at radius 1 is 0.429 bits per heavy atom. The Morgan fingerprint density at radius 2 is 0.804 bits per heavy atom. The van der Waals surface area contributed by atoms with Crippen LogP contribution in [0.5, 0.6) is 0 Å². The number of allylic oxidation sites excluding steroid dienone is 14. The van der Waals surface area contributed by atoms with E-state index in [1.807, 2.05) is 12.2 Å². The van der Waals surface area contributed by atoms with Gasteiger partial charge in [-0.2, -0.15) is 0 Å². The molecule has 0 aromatic rings. The van der Waals surface area contributed by atoms with Gasteiger partial charge in [-0.25, -0.2) is 0 Å². The van der Waals surface area contributed by atoms with Crippen LogP contribution in [0.3, 0.4) is 0 Å². The van der Waals surface area contributed by atoms with Gasteiger partial charge in [0.2, 0.25) is 0 Å². The Hall–Kier alpha value is -2.92. The molecule has 0 radical (unpaired) electrons. The second-order valence-electron chi connectivity index (χ2n) is 15.1. The number of hydrogen-bond acceptors (Lipinski definition) is 5. The van der Waals surface area contributed by atoms with Crippen molar-refractivity contribution in [2.45, 2.75) is 213 Å². The molecule has 0 aromatic heterocycles. The number of aliphatic hydroxyl groups is 1. The smallest absolute Gasteiger partial charge is 0.306 e. The second-order valence-corrected chi connectivity index (χ2v) is 15.1. The third-order valence-electron chi connectivity index (χ3n) is 9.69. The summed E-state index contributed by atoms with van der Waals surface area (Å²) in [5.74, 6) is -0.691. The van der Waals surface area contributed by atoms with E-state index in [9.17, 15) is 14.7 Å². The minimum atomic E-state index is -0.817. The summed E-state index contributed by atoms with van der Waals surface area (Å²) >= 11 is 0. The Morgan fingerprint density at radius 3 is 1.23 bits per heavy atom. The maximum Gasteiger partial charge on any atom is 0.306 e. The zero-order chi connectivity index (χ0) is 40.7. The molecule has 0 heterocycles. The van der Waals surface area contributed by atoms with E-state index in [0.29, 0.717) is 12.8 Å². The van der Waals surface area contributed by atoms with Gasteiger partial charge in [0.25, 0.3) is 0 Å². The summed E-state index contributed by atoms with van der Waals surface area (Å²) in [6.45, 7) is 3.96. The third kappa shape index (κ3) is 43.8. The molecule has 320 valence electrons. The van der Waals surface area contributed by atoms with Gasteiger partial charge in [0.15, 0.2) is 6.10 Å². The van der Waals surface area contributed by atoms with Crippen molar-refractivity contribution in [1.29, 1.82) is 0 Å². The van der Waals surface area contributed by atoms with Crippen molar-refractivity contribution >= 4 is 11.9 Å². The normalized spacial score (nSPS) is 13.0. The summed E-state index contributed by atoms with van der Waals surface area (Å²) in [4.78, 5) is 24.3. The summed E-state index contributed by atoms with van der Waals surface area (Å²) in [6, 6.07) is 0. The lowest BCUT2D eigenvalue weighted by Gasteiger charge is -2.15. The van der Waals surface area contributed by atoms with E-state index in [1.54, 1.807) is 0 Å². The third-order valence-corrected chi connectivity index (χ3v) is 9.69. The lowest BCUT2D eigenvalue weighted by molar-refractivity contribution is -0.161. The van der Waals surface area contributed by atoms with Crippen molar-refractivity contribution in [1.82, 2.24) is 0 Å². The Balaban J connectivity index is 3.62. The fourth-order valence-corrected chi connectivity index (χ4v) is 6.22. The minimum absolute atomic E-state index is 0.100. The van der Waals surface area contributed by atoms with E-state index in [2.05, 4.69) is 86.8 Å². The zero-order valence-electron chi connectivity index (χ0n) is 36.4. The molecule has 0 saturated carbocycles. The monoisotopic (exact) mass is 779 g/mol. The maximum atomic E-state index is 12.2. The van der Waals surface area contributed by atoms with Gasteiger partial charge < -0.3 is 14.6 Å². The second kappa shape index (κ2) is 46.5. The molecule has 5 nitrogen and oxygen atoms in total. The molecule has 1 N–H and O–H groups in total. The van der Waals surface area contributed by atoms with Crippen molar-refractivity contribution in [2.24, 2.45) is 0 Å². The van der Waals surface area contributed by atoms with Crippen LogP contribution in [0.1, 0.15) is 206 Å². The summed E-state index contributed by atoms with van der Waals surface area (Å²) < 4.78 is 10.6. The Labute approximate surface area is 346 Å². The molecule has 56 heavy (non-hydrogen) atoms. The maximum absolute atomic E-state index is 12.2. The van der Waals surface area contributed by atoms with Crippen LogP contribution >= 0.6 is 0 Å². The van der Waals surface area contributed by atoms with Crippen LogP contribution in [0.4, 0.5) is 0 Å². The zero-order valence-corrected chi connectivity index (χ0v) is 36.4. The van der Waals surface area contributed by atoms with E-state index in [1.165, 1.54) is 116 Å². The van der Waals surface area contributed by atoms with Gasteiger partial charge >= 0.3 is 11.9 Å². The number of carbonyl (C=O) groups is 2. The molecule has 0 bridgehead atoms. The van der Waals surface area contributed by atoms with E-state index in [-0.39, 0.29) is 25.6 Å². The van der Waals surface area contributed by atoms with Crippen LogP contribution in [0.25, 0.3) is 0 Å².